The Morgan fingerprint density at radius 3 is 2.53 bits per heavy atom. The average Bonchev–Trinajstić information content (AvgIpc) is 2.61. The van der Waals surface area contributed by atoms with Gasteiger partial charge in [0.25, 0.3) is 11.7 Å². The monoisotopic (exact) mass is 267 g/mol. The van der Waals surface area contributed by atoms with Gasteiger partial charge in [0, 0.05) is 12.5 Å². The standard InChI is InChI=1S/C13H11F2NO3/c1-3-10(17)6(2)16-11-8(12(18)13(16)19)4-7(14)5-9(11)15/h4-6H,3H2,1-2H3. The summed E-state index contributed by atoms with van der Waals surface area (Å²) < 4.78 is 26.9. The number of nitrogens with zero attached hydrogens (tertiary/aromatic N) is 1. The maximum absolute atomic E-state index is 13.8. The molecular formula is C13H11F2NO3. The molecule has 1 atom stereocenters. The van der Waals surface area contributed by atoms with E-state index in [9.17, 15) is 23.2 Å². The molecule has 1 unspecified atom stereocenters. The first-order valence-electron chi connectivity index (χ1n) is 5.78. The van der Waals surface area contributed by atoms with Crippen LogP contribution in [0.15, 0.2) is 12.1 Å². The van der Waals surface area contributed by atoms with Gasteiger partial charge in [-0.15, -0.1) is 0 Å². The summed E-state index contributed by atoms with van der Waals surface area (Å²) in [6.07, 6.45) is 0.150. The molecule has 0 aliphatic carbocycles. The number of hydrogen-bond donors (Lipinski definition) is 0. The Morgan fingerprint density at radius 2 is 1.95 bits per heavy atom. The zero-order valence-corrected chi connectivity index (χ0v) is 10.4. The summed E-state index contributed by atoms with van der Waals surface area (Å²) >= 11 is 0. The van der Waals surface area contributed by atoms with Crippen molar-refractivity contribution in [3.63, 3.8) is 0 Å². The summed E-state index contributed by atoms with van der Waals surface area (Å²) in [5.74, 6) is -4.27. The van der Waals surface area contributed by atoms with Crippen LogP contribution in [0.1, 0.15) is 30.6 Å². The summed E-state index contributed by atoms with van der Waals surface area (Å²) in [6.45, 7) is 3.01. The maximum atomic E-state index is 13.8. The molecule has 100 valence electrons. The molecule has 0 spiro atoms. The van der Waals surface area contributed by atoms with Gasteiger partial charge >= 0.3 is 0 Å². The fourth-order valence-electron chi connectivity index (χ4n) is 2.12. The number of halogens is 2. The average molecular weight is 267 g/mol. The number of carbonyl (C=O) groups is 3. The van der Waals surface area contributed by atoms with E-state index in [-0.39, 0.29) is 23.5 Å². The first-order valence-corrected chi connectivity index (χ1v) is 5.78. The van der Waals surface area contributed by atoms with E-state index in [2.05, 4.69) is 0 Å². The summed E-state index contributed by atoms with van der Waals surface area (Å²) in [6, 6.07) is 0.436. The van der Waals surface area contributed by atoms with Gasteiger partial charge in [-0.05, 0) is 13.0 Å². The van der Waals surface area contributed by atoms with E-state index >= 15 is 0 Å². The normalized spacial score (nSPS) is 15.7. The molecule has 0 radical (unpaired) electrons. The molecule has 6 heteroatoms. The first kappa shape index (κ1) is 13.3. The highest BCUT2D eigenvalue weighted by molar-refractivity contribution is 6.52. The van der Waals surface area contributed by atoms with E-state index < -0.39 is 29.4 Å². The second kappa shape index (κ2) is 4.53. The summed E-state index contributed by atoms with van der Waals surface area (Å²) in [7, 11) is 0. The molecular weight excluding hydrogens is 256 g/mol. The van der Waals surface area contributed by atoms with Gasteiger partial charge in [0.15, 0.2) is 11.6 Å². The molecule has 1 aromatic rings. The quantitative estimate of drug-likeness (QED) is 0.785. The lowest BCUT2D eigenvalue weighted by Crippen LogP contribution is -2.42. The smallest absolute Gasteiger partial charge is 0.297 e. The number of benzene rings is 1. The van der Waals surface area contributed by atoms with Crippen molar-refractivity contribution in [3.8, 4) is 0 Å². The van der Waals surface area contributed by atoms with Crippen LogP contribution in [0.4, 0.5) is 14.5 Å². The summed E-state index contributed by atoms with van der Waals surface area (Å²) in [4.78, 5) is 36.0. The third-order valence-corrected chi connectivity index (χ3v) is 3.13. The van der Waals surface area contributed by atoms with Crippen LogP contribution >= 0.6 is 0 Å². The van der Waals surface area contributed by atoms with Crippen molar-refractivity contribution >= 4 is 23.2 Å². The molecule has 0 bridgehead atoms. The highest BCUT2D eigenvalue weighted by Gasteiger charge is 2.42. The lowest BCUT2D eigenvalue weighted by Gasteiger charge is -2.23. The van der Waals surface area contributed by atoms with Gasteiger partial charge in [0.2, 0.25) is 0 Å². The number of anilines is 1. The Bertz CT molecular complexity index is 598. The number of hydrogen-bond acceptors (Lipinski definition) is 3. The summed E-state index contributed by atoms with van der Waals surface area (Å²) in [5.41, 5.74) is -0.649. The maximum Gasteiger partial charge on any atom is 0.300 e. The summed E-state index contributed by atoms with van der Waals surface area (Å²) in [5, 5.41) is 0. The van der Waals surface area contributed by atoms with Crippen molar-refractivity contribution in [2.75, 3.05) is 4.90 Å². The van der Waals surface area contributed by atoms with Gasteiger partial charge in [0.05, 0.1) is 17.3 Å². The number of rotatable bonds is 3. The molecule has 1 aliphatic rings. The number of amides is 1. The molecule has 1 heterocycles. The Balaban J connectivity index is 2.59. The third kappa shape index (κ3) is 1.93. The van der Waals surface area contributed by atoms with E-state index in [0.29, 0.717) is 6.07 Å². The minimum atomic E-state index is -1.02. The zero-order valence-electron chi connectivity index (χ0n) is 10.4. The van der Waals surface area contributed by atoms with Crippen molar-refractivity contribution < 1.29 is 23.2 Å². The van der Waals surface area contributed by atoms with Crippen LogP contribution in [-0.4, -0.2) is 23.5 Å². The van der Waals surface area contributed by atoms with Crippen LogP contribution in [0.25, 0.3) is 0 Å². The van der Waals surface area contributed by atoms with Crippen molar-refractivity contribution in [2.45, 2.75) is 26.3 Å². The largest absolute Gasteiger partial charge is 0.300 e. The molecule has 4 nitrogen and oxygen atoms in total. The Morgan fingerprint density at radius 1 is 1.32 bits per heavy atom. The van der Waals surface area contributed by atoms with E-state index in [1.54, 1.807) is 6.92 Å². The molecule has 0 aromatic heterocycles. The predicted octanol–water partition coefficient (Wildman–Crippen LogP) is 1.86. The Kier molecular flexibility index (Phi) is 3.18. The lowest BCUT2D eigenvalue weighted by atomic mass is 10.1. The lowest BCUT2D eigenvalue weighted by molar-refractivity contribution is -0.122. The molecule has 1 aromatic carbocycles. The van der Waals surface area contributed by atoms with Crippen molar-refractivity contribution in [1.29, 1.82) is 0 Å². The third-order valence-electron chi connectivity index (χ3n) is 3.13. The first-order chi connectivity index (χ1) is 8.88. The number of ketones is 2. The fraction of sp³-hybridized carbons (Fsp3) is 0.308. The SMILES string of the molecule is CCC(=O)C(C)N1C(=O)C(=O)c2cc(F)cc(F)c21. The number of Topliss-reactive ketones (excluding diaryl/α,β-unsaturated/α-hetero) is 2. The topological polar surface area (TPSA) is 54.5 Å². The second-order valence-corrected chi connectivity index (χ2v) is 4.28. The van der Waals surface area contributed by atoms with Crippen LogP contribution in [-0.2, 0) is 9.59 Å². The molecule has 0 saturated heterocycles. The van der Waals surface area contributed by atoms with E-state index in [1.165, 1.54) is 6.92 Å². The minimum Gasteiger partial charge on any atom is -0.297 e. The highest BCUT2D eigenvalue weighted by Crippen LogP contribution is 2.34. The van der Waals surface area contributed by atoms with Gasteiger partial charge in [-0.2, -0.15) is 0 Å². The van der Waals surface area contributed by atoms with E-state index in [1.807, 2.05) is 0 Å². The molecule has 0 N–H and O–H groups in total. The van der Waals surface area contributed by atoms with Crippen LogP contribution in [0.5, 0.6) is 0 Å². The van der Waals surface area contributed by atoms with Crippen molar-refractivity contribution in [3.05, 3.63) is 29.3 Å². The van der Waals surface area contributed by atoms with E-state index in [0.717, 1.165) is 11.0 Å². The molecule has 0 fully saturated rings. The van der Waals surface area contributed by atoms with E-state index in [4.69, 9.17) is 0 Å². The van der Waals surface area contributed by atoms with Gasteiger partial charge < -0.3 is 0 Å². The van der Waals surface area contributed by atoms with Gasteiger partial charge in [-0.3, -0.25) is 19.3 Å². The van der Waals surface area contributed by atoms with Crippen LogP contribution < -0.4 is 4.90 Å². The number of fused-ring (bicyclic) bond motifs is 1. The Labute approximate surface area is 108 Å². The fourth-order valence-corrected chi connectivity index (χ4v) is 2.12. The molecule has 2 rings (SSSR count). The van der Waals surface area contributed by atoms with Gasteiger partial charge in [0.1, 0.15) is 5.82 Å². The molecule has 1 aliphatic heterocycles. The molecule has 1 amide bonds. The van der Waals surface area contributed by atoms with Crippen molar-refractivity contribution in [2.24, 2.45) is 0 Å². The van der Waals surface area contributed by atoms with Crippen LogP contribution in [0, 0.1) is 11.6 Å². The zero-order chi connectivity index (χ0) is 14.3. The predicted molar refractivity (Wildman–Crippen MR) is 62.9 cm³/mol. The van der Waals surface area contributed by atoms with Gasteiger partial charge in [-0.25, -0.2) is 8.78 Å². The minimum absolute atomic E-state index is 0.150. The van der Waals surface area contributed by atoms with Crippen molar-refractivity contribution in [1.82, 2.24) is 0 Å². The molecule has 0 saturated carbocycles. The van der Waals surface area contributed by atoms with Gasteiger partial charge in [-0.1, -0.05) is 6.92 Å². The van der Waals surface area contributed by atoms with Crippen LogP contribution in [0.2, 0.25) is 0 Å². The Hall–Kier alpha value is -2.11. The second-order valence-electron chi connectivity index (χ2n) is 4.28. The van der Waals surface area contributed by atoms with Crippen LogP contribution in [0.3, 0.4) is 0 Å². The molecule has 19 heavy (non-hydrogen) atoms. The highest BCUT2D eigenvalue weighted by atomic mass is 19.1. The number of carbonyl (C=O) groups excluding carboxylic acids is 3.